The van der Waals surface area contributed by atoms with E-state index in [1.807, 2.05) is 13.0 Å². The summed E-state index contributed by atoms with van der Waals surface area (Å²) in [6, 6.07) is 13.7. The van der Waals surface area contributed by atoms with Gasteiger partial charge in [-0.05, 0) is 56.7 Å². The summed E-state index contributed by atoms with van der Waals surface area (Å²) >= 11 is 0. The molecule has 0 unspecified atom stereocenters. The molecule has 0 N–H and O–H groups in total. The van der Waals surface area contributed by atoms with Gasteiger partial charge in [0.1, 0.15) is 5.82 Å². The quantitative estimate of drug-likeness (QED) is 0.457. The Kier molecular flexibility index (Phi) is 9.49. The fraction of sp³-hybridized carbons (Fsp3) is 0.500. The molecule has 0 heterocycles. The zero-order chi connectivity index (χ0) is 18.8. The van der Waals surface area contributed by atoms with Gasteiger partial charge in [0.15, 0.2) is 0 Å². The molecule has 140 valence electrons. The van der Waals surface area contributed by atoms with Crippen molar-refractivity contribution in [3.63, 3.8) is 0 Å². The molecule has 1 aliphatic carbocycles. The maximum atomic E-state index is 12.6. The molecule has 0 aromatic heterocycles. The Bertz CT molecular complexity index is 580. The predicted molar refractivity (Wildman–Crippen MR) is 111 cm³/mol. The molecule has 0 aliphatic heterocycles. The second-order valence-electron chi connectivity index (χ2n) is 7.77. The topological polar surface area (TPSA) is 0 Å². The zero-order valence-corrected chi connectivity index (χ0v) is 16.9. The lowest BCUT2D eigenvalue weighted by atomic mass is 9.84. The van der Waals surface area contributed by atoms with Crippen molar-refractivity contribution in [1.29, 1.82) is 0 Å². The SMILES string of the molecule is CC1CCC(C)CC1.Cc1ccc(C)c(F)c1.Cc1ccc(C)cc1.[HH]. The Hall–Kier alpha value is -1.63. The Morgan fingerprint density at radius 3 is 1.36 bits per heavy atom. The molecular formula is C24H37F. The Labute approximate surface area is 156 Å². The van der Waals surface area contributed by atoms with E-state index in [4.69, 9.17) is 0 Å². The van der Waals surface area contributed by atoms with Gasteiger partial charge in [0.2, 0.25) is 0 Å². The van der Waals surface area contributed by atoms with Gasteiger partial charge in [-0.2, -0.15) is 0 Å². The fourth-order valence-electron chi connectivity index (χ4n) is 2.76. The molecule has 1 fully saturated rings. The molecule has 0 nitrogen and oxygen atoms in total. The fourth-order valence-corrected chi connectivity index (χ4v) is 2.76. The first-order chi connectivity index (χ1) is 11.8. The maximum Gasteiger partial charge on any atom is 0.126 e. The molecule has 0 atom stereocenters. The average molecular weight is 345 g/mol. The molecule has 2 aromatic rings. The van der Waals surface area contributed by atoms with Crippen LogP contribution in [0.2, 0.25) is 0 Å². The van der Waals surface area contributed by atoms with E-state index in [1.54, 1.807) is 13.0 Å². The lowest BCUT2D eigenvalue weighted by molar-refractivity contribution is 0.308. The highest BCUT2D eigenvalue weighted by molar-refractivity contribution is 5.21. The van der Waals surface area contributed by atoms with Crippen molar-refractivity contribution in [3.8, 4) is 0 Å². The molecule has 2 aromatic carbocycles. The van der Waals surface area contributed by atoms with Gasteiger partial charge in [-0.15, -0.1) is 0 Å². The van der Waals surface area contributed by atoms with Crippen LogP contribution in [0.1, 0.15) is 63.2 Å². The minimum Gasteiger partial charge on any atom is -0.207 e. The van der Waals surface area contributed by atoms with Gasteiger partial charge in [-0.1, -0.05) is 87.1 Å². The van der Waals surface area contributed by atoms with Crippen molar-refractivity contribution < 1.29 is 5.82 Å². The maximum absolute atomic E-state index is 12.6. The highest BCUT2D eigenvalue weighted by Crippen LogP contribution is 2.27. The first-order valence-corrected chi connectivity index (χ1v) is 9.54. The van der Waals surface area contributed by atoms with Crippen LogP contribution in [0.15, 0.2) is 42.5 Å². The van der Waals surface area contributed by atoms with Crippen LogP contribution in [0, 0.1) is 45.3 Å². The van der Waals surface area contributed by atoms with Gasteiger partial charge in [0.25, 0.3) is 0 Å². The minimum absolute atomic E-state index is 0. The molecule has 1 aliphatic rings. The van der Waals surface area contributed by atoms with E-state index >= 15 is 0 Å². The van der Waals surface area contributed by atoms with Crippen molar-refractivity contribution in [1.82, 2.24) is 0 Å². The molecular weight excluding hydrogens is 307 g/mol. The van der Waals surface area contributed by atoms with Crippen LogP contribution in [0.3, 0.4) is 0 Å². The van der Waals surface area contributed by atoms with Gasteiger partial charge < -0.3 is 0 Å². The summed E-state index contributed by atoms with van der Waals surface area (Å²) in [6.45, 7) is 12.6. The van der Waals surface area contributed by atoms with Crippen molar-refractivity contribution in [3.05, 3.63) is 70.5 Å². The number of benzene rings is 2. The zero-order valence-electron chi connectivity index (χ0n) is 16.9. The third-order valence-corrected chi connectivity index (χ3v) is 4.85. The van der Waals surface area contributed by atoms with Crippen molar-refractivity contribution in [2.75, 3.05) is 0 Å². The molecule has 0 saturated heterocycles. The highest BCUT2D eigenvalue weighted by Gasteiger charge is 2.13. The van der Waals surface area contributed by atoms with E-state index in [1.165, 1.54) is 42.9 Å². The first kappa shape index (κ1) is 21.4. The smallest absolute Gasteiger partial charge is 0.126 e. The molecule has 0 radical (unpaired) electrons. The van der Waals surface area contributed by atoms with Crippen LogP contribution >= 0.6 is 0 Å². The Morgan fingerprint density at radius 1 is 0.680 bits per heavy atom. The van der Waals surface area contributed by atoms with Gasteiger partial charge >= 0.3 is 0 Å². The van der Waals surface area contributed by atoms with Crippen molar-refractivity contribution >= 4 is 0 Å². The third-order valence-electron chi connectivity index (χ3n) is 4.85. The van der Waals surface area contributed by atoms with E-state index < -0.39 is 0 Å². The highest BCUT2D eigenvalue weighted by atomic mass is 19.1. The molecule has 25 heavy (non-hydrogen) atoms. The molecule has 0 spiro atoms. The largest absolute Gasteiger partial charge is 0.207 e. The summed E-state index contributed by atoms with van der Waals surface area (Å²) in [5.41, 5.74) is 4.34. The summed E-state index contributed by atoms with van der Waals surface area (Å²) in [4.78, 5) is 0. The van der Waals surface area contributed by atoms with E-state index in [0.717, 1.165) is 17.4 Å². The second-order valence-corrected chi connectivity index (χ2v) is 7.77. The van der Waals surface area contributed by atoms with Crippen molar-refractivity contribution in [2.45, 2.75) is 67.2 Å². The van der Waals surface area contributed by atoms with E-state index in [-0.39, 0.29) is 7.24 Å². The van der Waals surface area contributed by atoms with Crippen LogP contribution in [0.5, 0.6) is 0 Å². The summed E-state index contributed by atoms with van der Waals surface area (Å²) in [5.74, 6) is 1.92. The monoisotopic (exact) mass is 344 g/mol. The Morgan fingerprint density at radius 2 is 1.04 bits per heavy atom. The van der Waals surface area contributed by atoms with Crippen LogP contribution < -0.4 is 0 Å². The summed E-state index contributed by atoms with van der Waals surface area (Å²) < 4.78 is 12.6. The average Bonchev–Trinajstić information content (AvgIpc) is 2.58. The van der Waals surface area contributed by atoms with E-state index in [2.05, 4.69) is 52.0 Å². The molecule has 3 rings (SSSR count). The second kappa shape index (κ2) is 11.1. The lowest BCUT2D eigenvalue weighted by Crippen LogP contribution is -2.08. The number of hydrogen-bond acceptors (Lipinski definition) is 0. The molecule has 1 saturated carbocycles. The number of aryl methyl sites for hydroxylation is 4. The lowest BCUT2D eigenvalue weighted by Gasteiger charge is -2.22. The summed E-state index contributed by atoms with van der Waals surface area (Å²) in [5, 5.41) is 0. The van der Waals surface area contributed by atoms with Crippen LogP contribution in [-0.2, 0) is 0 Å². The standard InChI is InChI=1S/C8H9F.C8H16.C8H10.H2/c1-6-3-4-7(2)8(9)5-6;2*1-7-3-5-8(2)6-4-7;/h3-5H,1-2H3;7-8H,3-6H2,1-2H3;3-6H,1-2H3;1H. The number of rotatable bonds is 0. The number of hydrogen-bond donors (Lipinski definition) is 0. The van der Waals surface area contributed by atoms with Gasteiger partial charge in [-0.25, -0.2) is 4.39 Å². The minimum atomic E-state index is -0.116. The molecule has 0 bridgehead atoms. The van der Waals surface area contributed by atoms with Crippen LogP contribution in [0.25, 0.3) is 0 Å². The van der Waals surface area contributed by atoms with Crippen LogP contribution in [0.4, 0.5) is 4.39 Å². The van der Waals surface area contributed by atoms with E-state index in [9.17, 15) is 4.39 Å². The molecule has 0 amide bonds. The third kappa shape index (κ3) is 9.43. The van der Waals surface area contributed by atoms with Crippen molar-refractivity contribution in [2.24, 2.45) is 11.8 Å². The summed E-state index contributed by atoms with van der Waals surface area (Å²) in [6.07, 6.45) is 5.89. The predicted octanol–water partition coefficient (Wildman–Crippen LogP) is 7.82. The molecule has 1 heteroatoms. The van der Waals surface area contributed by atoms with E-state index in [0.29, 0.717) is 5.56 Å². The normalized spacial score (nSPS) is 19.2. The van der Waals surface area contributed by atoms with Gasteiger partial charge in [0, 0.05) is 1.43 Å². The first-order valence-electron chi connectivity index (χ1n) is 9.54. The number of halogens is 1. The summed E-state index contributed by atoms with van der Waals surface area (Å²) in [7, 11) is 0. The Balaban J connectivity index is 0.000000355. The van der Waals surface area contributed by atoms with Gasteiger partial charge in [-0.3, -0.25) is 0 Å². The van der Waals surface area contributed by atoms with Crippen LogP contribution in [-0.4, -0.2) is 0 Å². The van der Waals surface area contributed by atoms with Gasteiger partial charge in [0.05, 0.1) is 0 Å².